The molecule has 3 heterocycles. The Balaban J connectivity index is 1.81. The van der Waals surface area contributed by atoms with E-state index < -0.39 is 5.54 Å². The predicted octanol–water partition coefficient (Wildman–Crippen LogP) is 1.93. The molecule has 27 heavy (non-hydrogen) atoms. The topological polar surface area (TPSA) is 90.6 Å². The second-order valence-corrected chi connectivity index (χ2v) is 6.27. The van der Waals surface area contributed by atoms with Crippen LogP contribution in [0.15, 0.2) is 61.3 Å². The number of anilines is 1. The average Bonchev–Trinajstić information content (AvgIpc) is 2.73. The maximum Gasteiger partial charge on any atom is 0.191 e. The van der Waals surface area contributed by atoms with Crippen LogP contribution in [0.2, 0.25) is 0 Å². The van der Waals surface area contributed by atoms with Crippen molar-refractivity contribution in [1.29, 1.82) is 5.26 Å². The summed E-state index contributed by atoms with van der Waals surface area (Å²) in [4.78, 5) is 19.0. The van der Waals surface area contributed by atoms with Gasteiger partial charge in [-0.25, -0.2) is 15.0 Å². The first kappa shape index (κ1) is 18.4. The Bertz CT molecular complexity index is 848. The van der Waals surface area contributed by atoms with Crippen LogP contribution < -0.4 is 10.2 Å². The quantitative estimate of drug-likeness (QED) is 0.689. The Kier molecular flexibility index (Phi) is 5.69. The van der Waals surface area contributed by atoms with Crippen LogP contribution in [0, 0.1) is 11.3 Å². The molecule has 3 aromatic rings. The maximum atomic E-state index is 10.0. The van der Waals surface area contributed by atoms with Crippen LogP contribution in [-0.2, 0) is 12.0 Å². The first-order valence-corrected chi connectivity index (χ1v) is 8.62. The van der Waals surface area contributed by atoms with E-state index in [0.717, 1.165) is 17.8 Å². The fraction of sp³-hybridized carbons (Fsp3) is 0.250. The second kappa shape index (κ2) is 8.34. The number of pyridine rings is 2. The van der Waals surface area contributed by atoms with E-state index >= 15 is 0 Å². The van der Waals surface area contributed by atoms with Gasteiger partial charge in [0, 0.05) is 39.2 Å². The number of rotatable bonds is 7. The summed E-state index contributed by atoms with van der Waals surface area (Å²) in [6.07, 6.45) is 7.33. The first-order chi connectivity index (χ1) is 13.2. The summed E-state index contributed by atoms with van der Waals surface area (Å²) in [5.74, 6) is 0.910. The number of aromatic nitrogens is 4. The van der Waals surface area contributed by atoms with E-state index in [2.05, 4.69) is 31.3 Å². The molecule has 0 fully saturated rings. The van der Waals surface area contributed by atoms with Crippen molar-refractivity contribution in [3.05, 3.63) is 78.3 Å². The normalized spacial score (nSPS) is 12.8. The number of nitrogens with one attached hydrogen (secondary N) is 1. The smallest absolute Gasteiger partial charge is 0.191 e. The lowest BCUT2D eigenvalue weighted by molar-refractivity contribution is 0.478. The lowest BCUT2D eigenvalue weighted by Gasteiger charge is -2.26. The molecule has 0 aliphatic rings. The van der Waals surface area contributed by atoms with Gasteiger partial charge in [-0.3, -0.25) is 10.3 Å². The van der Waals surface area contributed by atoms with Gasteiger partial charge in [-0.15, -0.1) is 0 Å². The van der Waals surface area contributed by atoms with Crippen molar-refractivity contribution in [1.82, 2.24) is 25.3 Å². The summed E-state index contributed by atoms with van der Waals surface area (Å²) >= 11 is 0. The van der Waals surface area contributed by atoms with Crippen LogP contribution in [0.25, 0.3) is 0 Å². The van der Waals surface area contributed by atoms with Crippen molar-refractivity contribution in [2.24, 2.45) is 0 Å². The van der Waals surface area contributed by atoms with E-state index in [4.69, 9.17) is 0 Å². The third kappa shape index (κ3) is 4.07. The van der Waals surface area contributed by atoms with Crippen molar-refractivity contribution in [3.63, 3.8) is 0 Å². The third-order valence-corrected chi connectivity index (χ3v) is 4.25. The molecular weight excluding hydrogens is 338 g/mol. The van der Waals surface area contributed by atoms with E-state index in [-0.39, 0.29) is 0 Å². The molecule has 1 unspecified atom stereocenters. The number of nitriles is 1. The molecule has 1 atom stereocenters. The summed E-state index contributed by atoms with van der Waals surface area (Å²) in [6, 6.07) is 13.6. The monoisotopic (exact) mass is 359 g/mol. The van der Waals surface area contributed by atoms with E-state index in [1.807, 2.05) is 55.5 Å². The molecule has 0 aliphatic carbocycles. The van der Waals surface area contributed by atoms with Gasteiger partial charge in [0.15, 0.2) is 5.54 Å². The van der Waals surface area contributed by atoms with Crippen LogP contribution in [0.4, 0.5) is 5.82 Å². The van der Waals surface area contributed by atoms with Crippen LogP contribution in [0.1, 0.15) is 17.0 Å². The predicted molar refractivity (Wildman–Crippen MR) is 103 cm³/mol. The molecule has 0 radical (unpaired) electrons. The highest BCUT2D eigenvalue weighted by molar-refractivity contribution is 5.38. The highest BCUT2D eigenvalue weighted by Gasteiger charge is 2.36. The zero-order chi connectivity index (χ0) is 19.1. The molecule has 3 aromatic heterocycles. The van der Waals surface area contributed by atoms with Gasteiger partial charge in [0.2, 0.25) is 0 Å². The van der Waals surface area contributed by atoms with Crippen molar-refractivity contribution in [2.75, 3.05) is 25.5 Å². The highest BCUT2D eigenvalue weighted by Crippen LogP contribution is 2.25. The lowest BCUT2D eigenvalue weighted by atomic mass is 9.91. The minimum atomic E-state index is -1.14. The van der Waals surface area contributed by atoms with Crippen molar-refractivity contribution < 1.29 is 0 Å². The van der Waals surface area contributed by atoms with E-state index in [1.54, 1.807) is 18.5 Å². The lowest BCUT2D eigenvalue weighted by Crippen LogP contribution is -2.44. The van der Waals surface area contributed by atoms with Crippen LogP contribution in [0.5, 0.6) is 0 Å². The molecule has 0 saturated heterocycles. The molecule has 7 heteroatoms. The Morgan fingerprint density at radius 1 is 1.04 bits per heavy atom. The number of hydrogen-bond acceptors (Lipinski definition) is 7. The van der Waals surface area contributed by atoms with Crippen molar-refractivity contribution >= 4 is 5.82 Å². The third-order valence-electron chi connectivity index (χ3n) is 4.25. The summed E-state index contributed by atoms with van der Waals surface area (Å²) < 4.78 is 0. The summed E-state index contributed by atoms with van der Waals surface area (Å²) in [6.45, 7) is 0.567. The van der Waals surface area contributed by atoms with Gasteiger partial charge < -0.3 is 4.90 Å². The minimum Gasteiger partial charge on any atom is -0.363 e. The molecule has 0 spiro atoms. The standard InChI is InChI=1S/C20H21N7/c1-27(2)19-7-6-16(13-24-19)8-12-26-20(14-21,17-5-3-4-10-23-17)18-9-11-22-15-25-18/h3-7,9-11,13,15,26H,8,12H2,1-2H3. The second-order valence-electron chi connectivity index (χ2n) is 6.27. The molecular formula is C20H21N7. The van der Waals surface area contributed by atoms with Gasteiger partial charge >= 0.3 is 0 Å². The number of nitrogens with zero attached hydrogens (tertiary/aromatic N) is 6. The van der Waals surface area contributed by atoms with Crippen LogP contribution >= 0.6 is 0 Å². The van der Waals surface area contributed by atoms with Gasteiger partial charge in [0.25, 0.3) is 0 Å². The van der Waals surface area contributed by atoms with Crippen LogP contribution in [-0.4, -0.2) is 40.6 Å². The summed E-state index contributed by atoms with van der Waals surface area (Å²) in [7, 11) is 3.92. The fourth-order valence-corrected chi connectivity index (χ4v) is 2.79. The van der Waals surface area contributed by atoms with Gasteiger partial charge in [0.05, 0.1) is 17.5 Å². The maximum absolute atomic E-state index is 10.0. The van der Waals surface area contributed by atoms with Gasteiger partial charge in [-0.1, -0.05) is 12.1 Å². The largest absolute Gasteiger partial charge is 0.363 e. The Hall–Kier alpha value is -3.37. The summed E-state index contributed by atoms with van der Waals surface area (Å²) in [5.41, 5.74) is 1.12. The number of hydrogen-bond donors (Lipinski definition) is 1. The zero-order valence-electron chi connectivity index (χ0n) is 15.4. The molecule has 7 nitrogen and oxygen atoms in total. The van der Waals surface area contributed by atoms with Gasteiger partial charge in [-0.2, -0.15) is 5.26 Å². The molecule has 136 valence electrons. The summed E-state index contributed by atoms with van der Waals surface area (Å²) in [5, 5.41) is 13.4. The highest BCUT2D eigenvalue weighted by atomic mass is 15.1. The van der Waals surface area contributed by atoms with Crippen LogP contribution in [0.3, 0.4) is 0 Å². The first-order valence-electron chi connectivity index (χ1n) is 8.62. The van der Waals surface area contributed by atoms with E-state index in [1.165, 1.54) is 6.33 Å². The molecule has 0 saturated carbocycles. The molecule has 0 bridgehead atoms. The van der Waals surface area contributed by atoms with Crippen molar-refractivity contribution in [2.45, 2.75) is 12.0 Å². The zero-order valence-corrected chi connectivity index (χ0v) is 15.4. The molecule has 3 rings (SSSR count). The van der Waals surface area contributed by atoms with E-state index in [9.17, 15) is 5.26 Å². The fourth-order valence-electron chi connectivity index (χ4n) is 2.79. The molecule has 1 N–H and O–H groups in total. The Morgan fingerprint density at radius 2 is 1.89 bits per heavy atom. The average molecular weight is 359 g/mol. The van der Waals surface area contributed by atoms with E-state index in [0.29, 0.717) is 17.9 Å². The molecule has 0 aromatic carbocycles. The van der Waals surface area contributed by atoms with Gasteiger partial charge in [0.1, 0.15) is 12.1 Å². The molecule has 0 aliphatic heterocycles. The molecule has 0 amide bonds. The Morgan fingerprint density at radius 3 is 2.48 bits per heavy atom. The van der Waals surface area contributed by atoms with Gasteiger partial charge in [-0.05, 0) is 36.2 Å². The van der Waals surface area contributed by atoms with Crippen molar-refractivity contribution in [3.8, 4) is 6.07 Å². The minimum absolute atomic E-state index is 0.567. The SMILES string of the molecule is CN(C)c1ccc(CCNC(C#N)(c2ccccn2)c2ccncn2)cn1. The Labute approximate surface area is 158 Å².